The lowest BCUT2D eigenvalue weighted by Crippen LogP contribution is -2.42. The molecule has 0 bridgehead atoms. The van der Waals surface area contributed by atoms with Crippen molar-refractivity contribution in [3.8, 4) is 11.5 Å². The van der Waals surface area contributed by atoms with Crippen molar-refractivity contribution in [1.29, 1.82) is 0 Å². The zero-order valence-electron chi connectivity index (χ0n) is 16.7. The number of rotatable bonds is 9. The van der Waals surface area contributed by atoms with Crippen molar-refractivity contribution in [2.24, 2.45) is 0 Å². The molecule has 1 amide bonds. The Balaban J connectivity index is 1.95. The molecule has 0 aliphatic carbocycles. The van der Waals surface area contributed by atoms with Crippen LogP contribution in [-0.2, 0) is 14.6 Å². The first-order valence-electron chi connectivity index (χ1n) is 9.37. The second kappa shape index (κ2) is 9.59. The summed E-state index contributed by atoms with van der Waals surface area (Å²) in [4.78, 5) is 12.5. The van der Waals surface area contributed by atoms with E-state index in [1.165, 1.54) is 18.4 Å². The topological polar surface area (TPSA) is 84.5 Å². The summed E-state index contributed by atoms with van der Waals surface area (Å²) in [5, 5.41) is 6.20. The number of benzene rings is 2. The average Bonchev–Trinajstić information content (AvgIpc) is 2.67. The van der Waals surface area contributed by atoms with E-state index in [0.717, 1.165) is 18.5 Å². The fourth-order valence-electron chi connectivity index (χ4n) is 2.64. The first kappa shape index (κ1) is 21.8. The Hall–Kier alpha value is -2.54. The van der Waals surface area contributed by atoms with Crippen LogP contribution < -0.4 is 15.4 Å². The molecule has 2 N–H and O–H groups in total. The fraction of sp³-hybridized carbons (Fsp3) is 0.381. The second-order valence-corrected chi connectivity index (χ2v) is 8.77. The summed E-state index contributed by atoms with van der Waals surface area (Å²) < 4.78 is 28.7. The van der Waals surface area contributed by atoms with E-state index in [1.807, 2.05) is 19.1 Å². The Morgan fingerprint density at radius 1 is 0.964 bits per heavy atom. The summed E-state index contributed by atoms with van der Waals surface area (Å²) in [5.74, 6) is 1.14. The van der Waals surface area contributed by atoms with Gasteiger partial charge in [0.1, 0.15) is 17.5 Å². The van der Waals surface area contributed by atoms with Gasteiger partial charge in [0.05, 0.1) is 4.90 Å². The summed E-state index contributed by atoms with van der Waals surface area (Å²) in [5.41, 5.74) is 0.812. The fourth-order valence-corrected chi connectivity index (χ4v) is 3.28. The predicted molar refractivity (Wildman–Crippen MR) is 112 cm³/mol. The predicted octanol–water partition coefficient (Wildman–Crippen LogP) is 3.99. The number of carbonyl (C=O) groups excluding carboxylic acids is 1. The molecule has 0 fully saturated rings. The Bertz CT molecular complexity index is 874. The third-order valence-corrected chi connectivity index (χ3v) is 5.58. The lowest BCUT2D eigenvalue weighted by atomic mass is 10.1. The molecule has 0 aliphatic rings. The van der Waals surface area contributed by atoms with Crippen molar-refractivity contribution in [1.82, 2.24) is 5.32 Å². The highest BCUT2D eigenvalue weighted by atomic mass is 32.2. The quantitative estimate of drug-likeness (QED) is 0.660. The molecule has 2 aromatic carbocycles. The highest BCUT2D eigenvalue weighted by Gasteiger charge is 2.15. The molecule has 0 aromatic heterocycles. The first-order chi connectivity index (χ1) is 13.2. The molecule has 7 heteroatoms. The number of ether oxygens (including phenoxy) is 1. The highest BCUT2D eigenvalue weighted by Crippen LogP contribution is 2.24. The maximum atomic E-state index is 12.2. The van der Waals surface area contributed by atoms with Crippen molar-refractivity contribution in [2.75, 3.05) is 11.6 Å². The van der Waals surface area contributed by atoms with Gasteiger partial charge in [-0.3, -0.25) is 4.79 Å². The van der Waals surface area contributed by atoms with Crippen molar-refractivity contribution in [3.63, 3.8) is 0 Å². The molecule has 0 spiro atoms. The Kier molecular flexibility index (Phi) is 7.45. The molecule has 2 rings (SSSR count). The molecule has 28 heavy (non-hydrogen) atoms. The Morgan fingerprint density at radius 2 is 1.46 bits per heavy atom. The summed E-state index contributed by atoms with van der Waals surface area (Å²) >= 11 is 0. The van der Waals surface area contributed by atoms with Crippen LogP contribution in [0.25, 0.3) is 0 Å². The van der Waals surface area contributed by atoms with Crippen LogP contribution in [-0.4, -0.2) is 32.7 Å². The van der Waals surface area contributed by atoms with E-state index < -0.39 is 9.84 Å². The van der Waals surface area contributed by atoms with E-state index in [0.29, 0.717) is 11.5 Å². The highest BCUT2D eigenvalue weighted by molar-refractivity contribution is 7.90. The minimum absolute atomic E-state index is 0.0278. The molecule has 0 saturated heterocycles. The molecular formula is C21H28N2O4S. The number of anilines is 1. The zero-order valence-corrected chi connectivity index (χ0v) is 17.5. The summed E-state index contributed by atoms with van der Waals surface area (Å²) in [6, 6.07) is 13.4. The largest absolute Gasteiger partial charge is 0.457 e. The molecule has 0 aliphatic heterocycles. The van der Waals surface area contributed by atoms with Crippen LogP contribution in [0.5, 0.6) is 11.5 Å². The number of carbonyl (C=O) groups is 1. The molecule has 0 radical (unpaired) electrons. The van der Waals surface area contributed by atoms with Gasteiger partial charge in [0.2, 0.25) is 5.91 Å². The molecule has 2 aromatic rings. The number of nitrogens with one attached hydrogen (secondary N) is 2. The van der Waals surface area contributed by atoms with Gasteiger partial charge in [-0.15, -0.1) is 0 Å². The van der Waals surface area contributed by atoms with Gasteiger partial charge in [-0.1, -0.05) is 13.8 Å². The van der Waals surface area contributed by atoms with Gasteiger partial charge in [0, 0.05) is 18.0 Å². The molecule has 152 valence electrons. The molecule has 1 unspecified atom stereocenters. The number of sulfone groups is 1. The lowest BCUT2D eigenvalue weighted by Gasteiger charge is -2.20. The van der Waals surface area contributed by atoms with Gasteiger partial charge in [0.15, 0.2) is 9.84 Å². The lowest BCUT2D eigenvalue weighted by molar-refractivity contribution is -0.122. The van der Waals surface area contributed by atoms with Crippen LogP contribution in [0.4, 0.5) is 5.69 Å². The smallest absolute Gasteiger partial charge is 0.242 e. The third-order valence-electron chi connectivity index (χ3n) is 4.45. The molecule has 0 saturated carbocycles. The maximum absolute atomic E-state index is 12.2. The van der Waals surface area contributed by atoms with Crippen LogP contribution in [0.15, 0.2) is 53.4 Å². The minimum atomic E-state index is -3.22. The summed E-state index contributed by atoms with van der Waals surface area (Å²) in [6.07, 6.45) is 2.98. The van der Waals surface area contributed by atoms with Crippen LogP contribution in [0.1, 0.15) is 33.6 Å². The van der Waals surface area contributed by atoms with Crippen molar-refractivity contribution < 1.29 is 17.9 Å². The summed E-state index contributed by atoms with van der Waals surface area (Å²) in [6.45, 7) is 5.94. The van der Waals surface area contributed by atoms with Crippen molar-refractivity contribution in [2.45, 2.75) is 50.6 Å². The summed E-state index contributed by atoms with van der Waals surface area (Å²) in [7, 11) is -3.22. The number of hydrogen-bond donors (Lipinski definition) is 2. The van der Waals surface area contributed by atoms with E-state index in [1.54, 1.807) is 24.3 Å². The Morgan fingerprint density at radius 3 is 1.93 bits per heavy atom. The average molecular weight is 405 g/mol. The van der Waals surface area contributed by atoms with Crippen molar-refractivity contribution >= 4 is 21.4 Å². The first-order valence-corrected chi connectivity index (χ1v) is 11.3. The van der Waals surface area contributed by atoms with E-state index in [9.17, 15) is 13.2 Å². The van der Waals surface area contributed by atoms with Gasteiger partial charge in [0.25, 0.3) is 0 Å². The normalized spacial score (nSPS) is 12.5. The van der Waals surface area contributed by atoms with Crippen LogP contribution >= 0.6 is 0 Å². The Labute approximate surface area is 167 Å². The van der Waals surface area contributed by atoms with Gasteiger partial charge in [-0.05, 0) is 68.3 Å². The molecule has 0 heterocycles. The van der Waals surface area contributed by atoms with E-state index in [4.69, 9.17) is 4.74 Å². The second-order valence-electron chi connectivity index (χ2n) is 6.76. The van der Waals surface area contributed by atoms with Gasteiger partial charge in [-0.2, -0.15) is 0 Å². The van der Waals surface area contributed by atoms with Crippen LogP contribution in [0.2, 0.25) is 0 Å². The molecular weight excluding hydrogens is 376 g/mol. The number of amides is 1. The van der Waals surface area contributed by atoms with Crippen LogP contribution in [0, 0.1) is 0 Å². The van der Waals surface area contributed by atoms with E-state index in [-0.39, 0.29) is 22.9 Å². The third kappa shape index (κ3) is 6.27. The van der Waals surface area contributed by atoms with E-state index >= 15 is 0 Å². The minimum Gasteiger partial charge on any atom is -0.457 e. The van der Waals surface area contributed by atoms with Crippen LogP contribution in [0.3, 0.4) is 0 Å². The SMILES string of the molecule is CCC(CC)NC(=O)C(C)Nc1ccc(Oc2ccc(S(C)(=O)=O)cc2)cc1. The molecule has 1 atom stereocenters. The zero-order chi connectivity index (χ0) is 20.7. The monoisotopic (exact) mass is 404 g/mol. The maximum Gasteiger partial charge on any atom is 0.242 e. The van der Waals surface area contributed by atoms with E-state index in [2.05, 4.69) is 24.5 Å². The van der Waals surface area contributed by atoms with Gasteiger partial charge >= 0.3 is 0 Å². The van der Waals surface area contributed by atoms with Gasteiger partial charge < -0.3 is 15.4 Å². The standard InChI is InChI=1S/C21H28N2O4S/c1-5-16(6-2)23-21(24)15(3)22-17-7-9-18(10-8-17)27-19-11-13-20(14-12-19)28(4,25)26/h7-16,22H,5-6H2,1-4H3,(H,23,24). The number of hydrogen-bond acceptors (Lipinski definition) is 5. The molecule has 6 nitrogen and oxygen atoms in total. The van der Waals surface area contributed by atoms with Crippen molar-refractivity contribution in [3.05, 3.63) is 48.5 Å². The van der Waals surface area contributed by atoms with Gasteiger partial charge in [-0.25, -0.2) is 8.42 Å².